The predicted molar refractivity (Wildman–Crippen MR) is 168 cm³/mol. The van der Waals surface area contributed by atoms with E-state index < -0.39 is 108 Å². The summed E-state index contributed by atoms with van der Waals surface area (Å²) >= 11 is 0. The van der Waals surface area contributed by atoms with Crippen LogP contribution in [0.5, 0.6) is 0 Å². The standard InChI is InChI=1S/C33H57N3O9/c1-16(2)22-31(40)43-26(20(9)10)29(38)35(14)24(18(5)6)33(42)45-27(21(11)12)30(39)36(15)23(17(3)4)32(41)44-25(19(7)8)28(37)34(22)13/h16-27H,1-15H3/t22-,23-,24+,25+,26+,27+/m0/s1. The average Bonchev–Trinajstić information content (AvgIpc) is 2.90. The van der Waals surface area contributed by atoms with Gasteiger partial charge in [-0.25, -0.2) is 14.4 Å². The molecule has 6 atom stereocenters. The molecule has 0 aliphatic carbocycles. The minimum absolute atomic E-state index is 0.431. The van der Waals surface area contributed by atoms with Crippen molar-refractivity contribution in [3.8, 4) is 0 Å². The third-order valence-electron chi connectivity index (χ3n) is 8.19. The molecule has 0 saturated carbocycles. The van der Waals surface area contributed by atoms with Crippen molar-refractivity contribution in [1.29, 1.82) is 0 Å². The van der Waals surface area contributed by atoms with Crippen molar-refractivity contribution in [2.75, 3.05) is 21.1 Å². The van der Waals surface area contributed by atoms with Gasteiger partial charge in [-0.05, 0) is 35.5 Å². The smallest absolute Gasteiger partial charge is 0.329 e. The second-order valence-corrected chi connectivity index (χ2v) is 14.2. The van der Waals surface area contributed by atoms with Crippen molar-refractivity contribution in [2.45, 2.75) is 120 Å². The summed E-state index contributed by atoms with van der Waals surface area (Å²) in [6, 6.07) is -3.34. The molecule has 0 bridgehead atoms. The largest absolute Gasteiger partial charge is 0.450 e. The average molecular weight is 640 g/mol. The number of likely N-dealkylation sites (N-methyl/N-ethyl adjacent to an activating group) is 3. The summed E-state index contributed by atoms with van der Waals surface area (Å²) in [5.74, 6) is -7.01. The van der Waals surface area contributed by atoms with Crippen molar-refractivity contribution in [3.05, 3.63) is 0 Å². The molecule has 3 amide bonds. The summed E-state index contributed by atoms with van der Waals surface area (Å²) in [5, 5.41) is 0. The molecule has 0 aromatic rings. The minimum Gasteiger partial charge on any atom is -0.450 e. The number of esters is 3. The highest BCUT2D eigenvalue weighted by molar-refractivity contribution is 5.94. The van der Waals surface area contributed by atoms with Crippen LogP contribution in [-0.4, -0.2) is 108 Å². The van der Waals surface area contributed by atoms with E-state index in [4.69, 9.17) is 14.2 Å². The lowest BCUT2D eigenvalue weighted by atomic mass is 9.97. The highest BCUT2D eigenvalue weighted by atomic mass is 16.6. The minimum atomic E-state index is -1.28. The molecule has 0 N–H and O–H groups in total. The highest BCUT2D eigenvalue weighted by Crippen LogP contribution is 2.25. The maximum atomic E-state index is 13.9. The first-order chi connectivity index (χ1) is 20.6. The van der Waals surface area contributed by atoms with E-state index in [0.29, 0.717) is 0 Å². The first-order valence-electron chi connectivity index (χ1n) is 16.0. The molecule has 258 valence electrons. The lowest BCUT2D eigenvalue weighted by Crippen LogP contribution is -2.57. The van der Waals surface area contributed by atoms with Crippen molar-refractivity contribution < 1.29 is 43.0 Å². The van der Waals surface area contributed by atoms with Crippen molar-refractivity contribution >= 4 is 35.6 Å². The molecule has 0 unspecified atom stereocenters. The van der Waals surface area contributed by atoms with Crippen LogP contribution in [0, 0.1) is 35.5 Å². The Kier molecular flexibility index (Phi) is 14.5. The zero-order valence-electron chi connectivity index (χ0n) is 29.9. The molecule has 1 saturated heterocycles. The number of ether oxygens (including phenoxy) is 3. The molecule has 0 radical (unpaired) electrons. The van der Waals surface area contributed by atoms with E-state index in [-0.39, 0.29) is 0 Å². The molecule has 12 nitrogen and oxygen atoms in total. The van der Waals surface area contributed by atoms with Crippen LogP contribution in [0.15, 0.2) is 0 Å². The first-order valence-corrected chi connectivity index (χ1v) is 16.0. The van der Waals surface area contributed by atoms with Crippen molar-refractivity contribution in [2.24, 2.45) is 35.5 Å². The maximum Gasteiger partial charge on any atom is 0.329 e. The zero-order valence-corrected chi connectivity index (χ0v) is 29.9. The summed E-state index contributed by atoms with van der Waals surface area (Å²) in [7, 11) is 4.30. The molecule has 1 fully saturated rings. The fraction of sp³-hybridized carbons (Fsp3) is 0.818. The molecule has 45 heavy (non-hydrogen) atoms. The van der Waals surface area contributed by atoms with Gasteiger partial charge in [0.2, 0.25) is 0 Å². The fourth-order valence-electron chi connectivity index (χ4n) is 5.65. The van der Waals surface area contributed by atoms with E-state index in [2.05, 4.69) is 0 Å². The first kappa shape index (κ1) is 39.8. The maximum absolute atomic E-state index is 13.9. The van der Waals surface area contributed by atoms with Crippen LogP contribution in [0.2, 0.25) is 0 Å². The van der Waals surface area contributed by atoms with Crippen LogP contribution in [0.4, 0.5) is 0 Å². The number of carbonyl (C=O) groups is 6. The van der Waals surface area contributed by atoms with E-state index >= 15 is 0 Å². The Morgan fingerprint density at radius 1 is 0.378 bits per heavy atom. The second kappa shape index (κ2) is 16.4. The number of carbonyl (C=O) groups excluding carboxylic acids is 6. The third kappa shape index (κ3) is 9.42. The van der Waals surface area contributed by atoms with Gasteiger partial charge in [0.1, 0.15) is 18.1 Å². The molecule has 1 rings (SSSR count). The van der Waals surface area contributed by atoms with Gasteiger partial charge in [0.05, 0.1) is 0 Å². The molecular weight excluding hydrogens is 582 g/mol. The second-order valence-electron chi connectivity index (χ2n) is 14.2. The predicted octanol–water partition coefficient (Wildman–Crippen LogP) is 3.15. The Balaban J connectivity index is 3.93. The zero-order chi connectivity index (χ0) is 35.2. The summed E-state index contributed by atoms with van der Waals surface area (Å²) < 4.78 is 17.4. The van der Waals surface area contributed by atoms with Crippen molar-refractivity contribution in [1.82, 2.24) is 14.7 Å². The lowest BCUT2D eigenvalue weighted by Gasteiger charge is -2.38. The van der Waals surface area contributed by atoms with Crippen LogP contribution < -0.4 is 0 Å². The summed E-state index contributed by atoms with van der Waals surface area (Å²) in [6.45, 7) is 20.7. The summed E-state index contributed by atoms with van der Waals surface area (Å²) in [5.41, 5.74) is 0. The normalized spacial score (nSPS) is 27.5. The number of hydrogen-bond acceptors (Lipinski definition) is 9. The summed E-state index contributed by atoms with van der Waals surface area (Å²) in [4.78, 5) is 86.3. The molecule has 0 spiro atoms. The van der Waals surface area contributed by atoms with Gasteiger partial charge in [-0.1, -0.05) is 83.1 Å². The van der Waals surface area contributed by atoms with Crippen molar-refractivity contribution in [3.63, 3.8) is 0 Å². The van der Waals surface area contributed by atoms with Gasteiger partial charge in [0.15, 0.2) is 18.3 Å². The van der Waals surface area contributed by atoms with Crippen LogP contribution >= 0.6 is 0 Å². The Bertz CT molecular complexity index is 952. The Morgan fingerprint density at radius 3 is 0.689 bits per heavy atom. The number of rotatable bonds is 6. The molecule has 12 heteroatoms. The fourth-order valence-corrected chi connectivity index (χ4v) is 5.65. The van der Waals surface area contributed by atoms with E-state index in [1.54, 1.807) is 83.1 Å². The Morgan fingerprint density at radius 2 is 0.556 bits per heavy atom. The van der Waals surface area contributed by atoms with Gasteiger partial charge in [0, 0.05) is 21.1 Å². The van der Waals surface area contributed by atoms with E-state index in [9.17, 15) is 28.8 Å². The molecule has 1 heterocycles. The van der Waals surface area contributed by atoms with Gasteiger partial charge in [-0.3, -0.25) is 14.4 Å². The molecule has 1 aliphatic heterocycles. The number of cyclic esters (lactones) is 3. The van der Waals surface area contributed by atoms with Gasteiger partial charge in [0.25, 0.3) is 17.7 Å². The van der Waals surface area contributed by atoms with Gasteiger partial charge in [-0.15, -0.1) is 0 Å². The van der Waals surface area contributed by atoms with Crippen LogP contribution in [0.25, 0.3) is 0 Å². The van der Waals surface area contributed by atoms with Crippen LogP contribution in [0.3, 0.4) is 0 Å². The lowest BCUT2D eigenvalue weighted by molar-refractivity contribution is -0.181. The van der Waals surface area contributed by atoms with Crippen LogP contribution in [-0.2, 0) is 43.0 Å². The SMILES string of the molecule is CC(C)[C@H]1C(=O)O[C@H](C(C)C)C(=O)N(C)[C@H](C(C)C)C(=O)O[C@H](C(C)C)C(=O)N(C)[C@@H](C(C)C)C(=O)O[C@H](C(C)C)C(=O)N1C. The number of hydrogen-bond donors (Lipinski definition) is 0. The summed E-state index contributed by atoms with van der Waals surface area (Å²) in [6.07, 6.45) is -3.84. The quantitative estimate of drug-likeness (QED) is 0.317. The number of nitrogens with zero attached hydrogens (tertiary/aromatic N) is 3. The Labute approximate surface area is 269 Å². The molecule has 0 aromatic carbocycles. The van der Waals surface area contributed by atoms with Gasteiger partial charge >= 0.3 is 17.9 Å². The van der Waals surface area contributed by atoms with E-state index in [0.717, 1.165) is 0 Å². The number of amides is 3. The van der Waals surface area contributed by atoms with E-state index in [1.165, 1.54) is 35.8 Å². The molecule has 1 aliphatic rings. The molecule has 0 aromatic heterocycles. The van der Waals surface area contributed by atoms with Gasteiger partial charge < -0.3 is 28.9 Å². The topological polar surface area (TPSA) is 140 Å². The highest BCUT2D eigenvalue weighted by Gasteiger charge is 2.45. The van der Waals surface area contributed by atoms with Crippen LogP contribution in [0.1, 0.15) is 83.1 Å². The van der Waals surface area contributed by atoms with Gasteiger partial charge in [-0.2, -0.15) is 0 Å². The van der Waals surface area contributed by atoms with E-state index in [1.807, 2.05) is 0 Å². The Hall–Kier alpha value is -3.18. The third-order valence-corrected chi connectivity index (χ3v) is 8.19. The molecular formula is C33H57N3O9. The monoisotopic (exact) mass is 639 g/mol.